The average Bonchev–Trinajstić information content (AvgIpc) is 2.13. The Labute approximate surface area is 111 Å². The second-order valence-electron chi connectivity index (χ2n) is 6.46. The Balaban J connectivity index is 3.07. The van der Waals surface area contributed by atoms with Gasteiger partial charge in [-0.3, -0.25) is 0 Å². The molecule has 0 amide bonds. The van der Waals surface area contributed by atoms with Gasteiger partial charge in [-0.25, -0.2) is 0 Å². The molecule has 0 unspecified atom stereocenters. The molecule has 0 aliphatic rings. The van der Waals surface area contributed by atoms with Crippen molar-refractivity contribution in [2.24, 2.45) is 5.41 Å². The van der Waals surface area contributed by atoms with Crippen LogP contribution in [-0.2, 0) is 5.41 Å². The molecule has 0 aliphatic carbocycles. The summed E-state index contributed by atoms with van der Waals surface area (Å²) < 4.78 is 5.12. The van der Waals surface area contributed by atoms with E-state index in [1.54, 1.807) is 6.07 Å². The van der Waals surface area contributed by atoms with Gasteiger partial charge in [0.25, 0.3) is 0 Å². The molecule has 18 heavy (non-hydrogen) atoms. The van der Waals surface area contributed by atoms with Gasteiger partial charge in [0.05, 0.1) is 0 Å². The monoisotopic (exact) mass is 270 g/mol. The summed E-state index contributed by atoms with van der Waals surface area (Å²) in [6, 6.07) is 7.55. The first kappa shape index (κ1) is 15.4. The maximum absolute atomic E-state index is 9.03. The maximum atomic E-state index is 9.03. The molecule has 0 spiro atoms. The highest BCUT2D eigenvalue weighted by atomic mass is 31.2. The molecule has 1 aromatic carbocycles. The SMILES string of the molecule is CC(C)(C)CC(C)(C)c1ccccc1OP(O)O. The van der Waals surface area contributed by atoms with Crippen LogP contribution in [0.4, 0.5) is 0 Å². The molecule has 1 rings (SSSR count). The second kappa shape index (κ2) is 5.56. The lowest BCUT2D eigenvalue weighted by atomic mass is 9.72. The Hall–Kier alpha value is -0.630. The minimum atomic E-state index is -2.37. The van der Waals surface area contributed by atoms with Gasteiger partial charge in [-0.05, 0) is 23.3 Å². The molecule has 3 nitrogen and oxygen atoms in total. The summed E-state index contributed by atoms with van der Waals surface area (Å²) in [4.78, 5) is 18.1. The quantitative estimate of drug-likeness (QED) is 0.813. The summed E-state index contributed by atoms with van der Waals surface area (Å²) in [5.74, 6) is 0.558. The molecule has 0 radical (unpaired) electrons. The molecule has 1 aromatic rings. The molecule has 0 bridgehead atoms. The van der Waals surface area contributed by atoms with Crippen molar-refractivity contribution in [3.63, 3.8) is 0 Å². The fourth-order valence-electron chi connectivity index (χ4n) is 2.61. The standard InChI is InChI=1S/C14H23O3P/c1-13(2,3)10-14(4,5)11-8-6-7-9-12(11)17-18(15)16/h6-9,15-16H,10H2,1-5H3. The van der Waals surface area contributed by atoms with Gasteiger partial charge in [-0.15, -0.1) is 0 Å². The first-order valence-electron chi connectivity index (χ1n) is 6.07. The lowest BCUT2D eigenvalue weighted by Gasteiger charge is -2.34. The van der Waals surface area contributed by atoms with E-state index in [0.717, 1.165) is 12.0 Å². The Morgan fingerprint density at radius 3 is 2.11 bits per heavy atom. The lowest BCUT2D eigenvalue weighted by molar-refractivity contribution is 0.279. The minimum Gasteiger partial charge on any atom is -0.427 e. The Bertz CT molecular complexity index is 394. The highest BCUT2D eigenvalue weighted by Crippen LogP contribution is 2.42. The van der Waals surface area contributed by atoms with Gasteiger partial charge in [0, 0.05) is 5.56 Å². The number of benzene rings is 1. The van der Waals surface area contributed by atoms with Crippen LogP contribution in [0.1, 0.15) is 46.6 Å². The van der Waals surface area contributed by atoms with Gasteiger partial charge in [-0.1, -0.05) is 52.8 Å². The molecule has 0 saturated heterocycles. The zero-order chi connectivity index (χ0) is 14.0. The first-order chi connectivity index (χ1) is 8.12. The third-order valence-electron chi connectivity index (χ3n) is 2.77. The Kier molecular flexibility index (Phi) is 4.77. The van der Waals surface area contributed by atoms with E-state index in [1.165, 1.54) is 0 Å². The summed E-state index contributed by atoms with van der Waals surface area (Å²) in [5.41, 5.74) is 1.12. The van der Waals surface area contributed by atoms with Crippen molar-refractivity contribution in [3.05, 3.63) is 29.8 Å². The molecule has 4 heteroatoms. The largest absolute Gasteiger partial charge is 0.427 e. The van der Waals surface area contributed by atoms with E-state index in [9.17, 15) is 0 Å². The van der Waals surface area contributed by atoms with Crippen molar-refractivity contribution in [2.75, 3.05) is 0 Å². The van der Waals surface area contributed by atoms with E-state index in [0.29, 0.717) is 5.75 Å². The van der Waals surface area contributed by atoms with Gasteiger partial charge in [0.2, 0.25) is 0 Å². The van der Waals surface area contributed by atoms with Crippen LogP contribution in [-0.4, -0.2) is 9.79 Å². The zero-order valence-corrected chi connectivity index (χ0v) is 12.7. The van der Waals surface area contributed by atoms with Gasteiger partial charge in [0.15, 0.2) is 0 Å². The third kappa shape index (κ3) is 4.56. The van der Waals surface area contributed by atoms with Crippen molar-refractivity contribution in [1.82, 2.24) is 0 Å². The fraction of sp³-hybridized carbons (Fsp3) is 0.571. The molecular weight excluding hydrogens is 247 g/mol. The van der Waals surface area contributed by atoms with E-state index in [2.05, 4.69) is 34.6 Å². The summed E-state index contributed by atoms with van der Waals surface area (Å²) in [5, 5.41) is 0. The summed E-state index contributed by atoms with van der Waals surface area (Å²) >= 11 is 0. The highest BCUT2D eigenvalue weighted by Gasteiger charge is 2.30. The lowest BCUT2D eigenvalue weighted by Crippen LogP contribution is -2.25. The van der Waals surface area contributed by atoms with E-state index in [-0.39, 0.29) is 10.8 Å². The Morgan fingerprint density at radius 2 is 1.61 bits per heavy atom. The van der Waals surface area contributed by atoms with Crippen LogP contribution < -0.4 is 4.52 Å². The van der Waals surface area contributed by atoms with Crippen molar-refractivity contribution in [2.45, 2.75) is 46.5 Å². The van der Waals surface area contributed by atoms with E-state index in [1.807, 2.05) is 18.2 Å². The summed E-state index contributed by atoms with van der Waals surface area (Å²) in [7, 11) is -2.37. The van der Waals surface area contributed by atoms with Crippen LogP contribution in [0.25, 0.3) is 0 Å². The van der Waals surface area contributed by atoms with Crippen LogP contribution in [0.15, 0.2) is 24.3 Å². The van der Waals surface area contributed by atoms with Crippen LogP contribution in [0, 0.1) is 5.41 Å². The molecule has 0 aliphatic heterocycles. The topological polar surface area (TPSA) is 49.7 Å². The maximum Gasteiger partial charge on any atom is 0.391 e. The molecule has 0 fully saturated rings. The molecule has 0 heterocycles. The number of hydrogen-bond donors (Lipinski definition) is 2. The average molecular weight is 270 g/mol. The summed E-state index contributed by atoms with van der Waals surface area (Å²) in [6.45, 7) is 10.9. The van der Waals surface area contributed by atoms with Crippen molar-refractivity contribution in [1.29, 1.82) is 0 Å². The predicted octanol–water partition coefficient (Wildman–Crippen LogP) is 3.99. The van der Waals surface area contributed by atoms with Gasteiger partial charge in [0.1, 0.15) is 5.75 Å². The molecule has 102 valence electrons. The second-order valence-corrected chi connectivity index (χ2v) is 7.15. The fourth-order valence-corrected chi connectivity index (χ4v) is 2.95. The molecule has 2 N–H and O–H groups in total. The van der Waals surface area contributed by atoms with E-state index < -0.39 is 8.60 Å². The van der Waals surface area contributed by atoms with Gasteiger partial charge >= 0.3 is 8.60 Å². The van der Waals surface area contributed by atoms with Crippen LogP contribution in [0.2, 0.25) is 0 Å². The summed E-state index contributed by atoms with van der Waals surface area (Å²) in [6.07, 6.45) is 0.981. The smallest absolute Gasteiger partial charge is 0.391 e. The van der Waals surface area contributed by atoms with E-state index >= 15 is 0 Å². The van der Waals surface area contributed by atoms with Gasteiger partial charge < -0.3 is 14.3 Å². The van der Waals surface area contributed by atoms with Crippen molar-refractivity contribution >= 4 is 8.60 Å². The van der Waals surface area contributed by atoms with Crippen LogP contribution in [0.3, 0.4) is 0 Å². The van der Waals surface area contributed by atoms with Crippen LogP contribution >= 0.6 is 8.60 Å². The highest BCUT2D eigenvalue weighted by molar-refractivity contribution is 7.39. The molecular formula is C14H23O3P. The number of hydrogen-bond acceptors (Lipinski definition) is 3. The van der Waals surface area contributed by atoms with Crippen LogP contribution in [0.5, 0.6) is 5.75 Å². The Morgan fingerprint density at radius 1 is 1.06 bits per heavy atom. The zero-order valence-electron chi connectivity index (χ0n) is 11.8. The normalized spacial score (nSPS) is 12.9. The molecule has 0 atom stereocenters. The van der Waals surface area contributed by atoms with Crippen molar-refractivity contribution in [3.8, 4) is 5.75 Å². The number of para-hydroxylation sites is 1. The molecule has 0 saturated carbocycles. The van der Waals surface area contributed by atoms with Gasteiger partial charge in [-0.2, -0.15) is 0 Å². The first-order valence-corrected chi connectivity index (χ1v) is 7.24. The predicted molar refractivity (Wildman–Crippen MR) is 75.5 cm³/mol. The molecule has 0 aromatic heterocycles. The van der Waals surface area contributed by atoms with Crippen molar-refractivity contribution < 1.29 is 14.3 Å². The number of rotatable bonds is 4. The van der Waals surface area contributed by atoms with E-state index in [4.69, 9.17) is 14.3 Å². The minimum absolute atomic E-state index is 0.0831. The third-order valence-corrected chi connectivity index (χ3v) is 3.13.